The van der Waals surface area contributed by atoms with Crippen molar-refractivity contribution in [1.29, 1.82) is 0 Å². The summed E-state index contributed by atoms with van der Waals surface area (Å²) in [5.41, 5.74) is -0.194. The third-order valence-electron chi connectivity index (χ3n) is 3.04. The zero-order valence-electron chi connectivity index (χ0n) is 9.61. The number of likely N-dealkylation sites (tertiary alicyclic amines) is 1. The highest BCUT2D eigenvalue weighted by molar-refractivity contribution is 5.83. The lowest BCUT2D eigenvalue weighted by Crippen LogP contribution is -2.60. The van der Waals surface area contributed by atoms with Crippen molar-refractivity contribution in [2.45, 2.75) is 0 Å². The highest BCUT2D eigenvalue weighted by Crippen LogP contribution is 2.33. The fourth-order valence-corrected chi connectivity index (χ4v) is 1.90. The molecule has 0 radical (unpaired) electrons. The summed E-state index contributed by atoms with van der Waals surface area (Å²) in [6.45, 7) is 0.00198. The molecule has 18 heavy (non-hydrogen) atoms. The molecule has 1 heterocycles. The van der Waals surface area contributed by atoms with Crippen molar-refractivity contribution in [3.8, 4) is 0 Å². The van der Waals surface area contributed by atoms with Crippen molar-refractivity contribution in [3.63, 3.8) is 0 Å². The highest BCUT2D eigenvalue weighted by atomic mass is 16.4. The number of aliphatic carboxylic acids is 1. The van der Waals surface area contributed by atoms with Crippen LogP contribution in [0, 0.1) is 5.41 Å². The topological polar surface area (TPSA) is 77.8 Å². The number of carbonyl (C=O) groups is 2. The first-order valence-corrected chi connectivity index (χ1v) is 5.49. The van der Waals surface area contributed by atoms with Crippen LogP contribution in [0.2, 0.25) is 0 Å². The fourth-order valence-electron chi connectivity index (χ4n) is 1.90. The van der Waals surface area contributed by atoms with Gasteiger partial charge in [0.2, 0.25) is 0 Å². The molecule has 0 aromatic heterocycles. The summed E-state index contributed by atoms with van der Waals surface area (Å²) < 4.78 is 0. The lowest BCUT2D eigenvalue weighted by Gasteiger charge is -2.43. The standard InChI is InChI=1S/C13H13NO4/c15-11(16)13(8-14(9-13)12(17)18)7-6-10-4-2-1-3-5-10/h1-7H,8-9H2,(H,15,16)(H,17,18). The first-order valence-electron chi connectivity index (χ1n) is 5.49. The van der Waals surface area contributed by atoms with E-state index in [2.05, 4.69) is 0 Å². The van der Waals surface area contributed by atoms with Crippen molar-refractivity contribution < 1.29 is 19.8 Å². The van der Waals surface area contributed by atoms with Crippen LogP contribution in [0.15, 0.2) is 36.4 Å². The molecule has 0 spiro atoms. The molecule has 1 aromatic rings. The Labute approximate surface area is 104 Å². The van der Waals surface area contributed by atoms with Gasteiger partial charge in [-0.1, -0.05) is 42.5 Å². The maximum atomic E-state index is 11.2. The number of benzene rings is 1. The quantitative estimate of drug-likeness (QED) is 0.853. The molecule has 94 valence electrons. The van der Waals surface area contributed by atoms with E-state index in [0.717, 1.165) is 10.5 Å². The average Bonchev–Trinajstić information content (AvgIpc) is 2.28. The second kappa shape index (κ2) is 4.52. The third kappa shape index (κ3) is 2.20. The van der Waals surface area contributed by atoms with E-state index in [9.17, 15) is 14.7 Å². The van der Waals surface area contributed by atoms with Gasteiger partial charge in [0.1, 0.15) is 5.41 Å². The molecule has 5 heteroatoms. The van der Waals surface area contributed by atoms with Crippen molar-refractivity contribution in [1.82, 2.24) is 4.90 Å². The van der Waals surface area contributed by atoms with Crippen molar-refractivity contribution >= 4 is 18.1 Å². The number of amides is 1. The minimum Gasteiger partial charge on any atom is -0.480 e. The number of rotatable bonds is 3. The lowest BCUT2D eigenvalue weighted by molar-refractivity contribution is -0.153. The van der Waals surface area contributed by atoms with E-state index in [0.29, 0.717) is 0 Å². The molecule has 1 aliphatic rings. The van der Waals surface area contributed by atoms with Gasteiger partial charge in [-0.15, -0.1) is 0 Å². The van der Waals surface area contributed by atoms with E-state index < -0.39 is 17.5 Å². The van der Waals surface area contributed by atoms with E-state index in [-0.39, 0.29) is 13.1 Å². The summed E-state index contributed by atoms with van der Waals surface area (Å²) >= 11 is 0. The molecule has 2 N–H and O–H groups in total. The van der Waals surface area contributed by atoms with Gasteiger partial charge in [-0.2, -0.15) is 0 Å². The van der Waals surface area contributed by atoms with Crippen LogP contribution in [0.5, 0.6) is 0 Å². The maximum Gasteiger partial charge on any atom is 0.407 e. The van der Waals surface area contributed by atoms with E-state index in [4.69, 9.17) is 5.11 Å². The van der Waals surface area contributed by atoms with E-state index in [1.165, 1.54) is 0 Å². The number of hydrogen-bond donors (Lipinski definition) is 2. The normalized spacial score (nSPS) is 17.4. The molecular weight excluding hydrogens is 234 g/mol. The van der Waals surface area contributed by atoms with Crippen LogP contribution in [0.25, 0.3) is 6.08 Å². The molecule has 1 aromatic carbocycles. The van der Waals surface area contributed by atoms with E-state index in [1.54, 1.807) is 12.2 Å². The SMILES string of the molecule is O=C(O)N1CC(C=Cc2ccccc2)(C(=O)O)C1. The van der Waals surface area contributed by atoms with Crippen molar-refractivity contribution in [3.05, 3.63) is 42.0 Å². The Kier molecular flexibility index (Phi) is 3.06. The van der Waals surface area contributed by atoms with Gasteiger partial charge in [-0.05, 0) is 5.56 Å². The molecule has 0 saturated carbocycles. The Morgan fingerprint density at radius 2 is 1.78 bits per heavy atom. The summed E-state index contributed by atoms with van der Waals surface area (Å²) in [7, 11) is 0. The third-order valence-corrected chi connectivity index (χ3v) is 3.04. The molecule has 1 aliphatic heterocycles. The first kappa shape index (κ1) is 12.2. The summed E-state index contributed by atoms with van der Waals surface area (Å²) in [5.74, 6) is -0.993. The molecule has 1 amide bonds. The molecule has 0 aliphatic carbocycles. The van der Waals surface area contributed by atoms with Gasteiger partial charge in [-0.3, -0.25) is 4.79 Å². The summed E-state index contributed by atoms with van der Waals surface area (Å²) in [4.78, 5) is 23.0. The Bertz CT molecular complexity index is 489. The van der Waals surface area contributed by atoms with E-state index in [1.807, 2.05) is 30.3 Å². The van der Waals surface area contributed by atoms with Crippen molar-refractivity contribution in [2.24, 2.45) is 5.41 Å². The second-order valence-electron chi connectivity index (χ2n) is 4.34. The molecule has 2 rings (SSSR count). The largest absolute Gasteiger partial charge is 0.480 e. The Balaban J connectivity index is 2.12. The summed E-state index contributed by atoms with van der Waals surface area (Å²) in [6.07, 6.45) is 2.21. The average molecular weight is 247 g/mol. The Morgan fingerprint density at radius 1 is 1.17 bits per heavy atom. The first-order chi connectivity index (χ1) is 8.53. The van der Waals surface area contributed by atoms with Gasteiger partial charge in [-0.25, -0.2) is 4.79 Å². The zero-order chi connectivity index (χ0) is 13.2. The lowest BCUT2D eigenvalue weighted by atomic mass is 9.79. The van der Waals surface area contributed by atoms with Crippen LogP contribution in [-0.4, -0.2) is 40.3 Å². The Hall–Kier alpha value is -2.30. The molecular formula is C13H13NO4. The maximum absolute atomic E-state index is 11.2. The van der Waals surface area contributed by atoms with Gasteiger partial charge in [0.15, 0.2) is 0 Å². The van der Waals surface area contributed by atoms with Crippen LogP contribution in [0.1, 0.15) is 5.56 Å². The molecule has 0 unspecified atom stereocenters. The minimum absolute atomic E-state index is 0.000992. The van der Waals surface area contributed by atoms with Crippen LogP contribution in [0.4, 0.5) is 4.79 Å². The summed E-state index contributed by atoms with van der Waals surface area (Å²) in [6, 6.07) is 9.31. The van der Waals surface area contributed by atoms with Gasteiger partial charge >= 0.3 is 12.1 Å². The minimum atomic E-state index is -1.09. The predicted molar refractivity (Wildman–Crippen MR) is 65.1 cm³/mol. The number of hydrogen-bond acceptors (Lipinski definition) is 2. The number of carboxylic acid groups (broad SMARTS) is 2. The predicted octanol–water partition coefficient (Wildman–Crippen LogP) is 1.76. The highest BCUT2D eigenvalue weighted by Gasteiger charge is 2.49. The van der Waals surface area contributed by atoms with Crippen molar-refractivity contribution in [2.75, 3.05) is 13.1 Å². The van der Waals surface area contributed by atoms with Crippen LogP contribution < -0.4 is 0 Å². The van der Waals surface area contributed by atoms with E-state index >= 15 is 0 Å². The Morgan fingerprint density at radius 3 is 2.28 bits per heavy atom. The molecule has 0 atom stereocenters. The molecule has 1 saturated heterocycles. The van der Waals surface area contributed by atoms with Gasteiger partial charge in [0.05, 0.1) is 0 Å². The van der Waals surface area contributed by atoms with Gasteiger partial charge in [0, 0.05) is 13.1 Å². The van der Waals surface area contributed by atoms with Gasteiger partial charge < -0.3 is 15.1 Å². The fraction of sp³-hybridized carbons (Fsp3) is 0.231. The van der Waals surface area contributed by atoms with Crippen LogP contribution >= 0.6 is 0 Å². The number of carboxylic acids is 1. The zero-order valence-corrected chi connectivity index (χ0v) is 9.61. The monoisotopic (exact) mass is 247 g/mol. The summed E-state index contributed by atoms with van der Waals surface area (Å²) in [5, 5.41) is 17.9. The number of nitrogens with zero attached hydrogens (tertiary/aromatic N) is 1. The van der Waals surface area contributed by atoms with Crippen LogP contribution in [-0.2, 0) is 4.79 Å². The molecule has 1 fully saturated rings. The smallest absolute Gasteiger partial charge is 0.407 e. The van der Waals surface area contributed by atoms with Gasteiger partial charge in [0.25, 0.3) is 0 Å². The van der Waals surface area contributed by atoms with Crippen LogP contribution in [0.3, 0.4) is 0 Å². The molecule has 5 nitrogen and oxygen atoms in total. The molecule has 0 bridgehead atoms. The second-order valence-corrected chi connectivity index (χ2v) is 4.34.